The first-order valence-corrected chi connectivity index (χ1v) is 5.34. The Morgan fingerprint density at radius 3 is 2.47 bits per heavy atom. The average molecular weight is 228 g/mol. The van der Waals surface area contributed by atoms with Crippen molar-refractivity contribution in [2.24, 2.45) is 5.73 Å². The lowest BCUT2D eigenvalue weighted by atomic mass is 9.94. The third-order valence-corrected chi connectivity index (χ3v) is 2.59. The van der Waals surface area contributed by atoms with E-state index in [1.54, 1.807) is 7.11 Å². The Morgan fingerprint density at radius 2 is 2.00 bits per heavy atom. The molecule has 0 atom stereocenters. The van der Waals surface area contributed by atoms with Crippen LogP contribution in [0.2, 0.25) is 5.02 Å². The van der Waals surface area contributed by atoms with E-state index in [1.165, 1.54) is 0 Å². The molecule has 0 saturated heterocycles. The number of rotatable bonds is 3. The van der Waals surface area contributed by atoms with Gasteiger partial charge in [0, 0.05) is 16.1 Å². The second-order valence-corrected chi connectivity index (χ2v) is 4.95. The van der Waals surface area contributed by atoms with Crippen molar-refractivity contribution in [3.05, 3.63) is 28.3 Å². The molecule has 0 aliphatic carbocycles. The monoisotopic (exact) mass is 227 g/mol. The minimum absolute atomic E-state index is 0.287. The van der Waals surface area contributed by atoms with Crippen LogP contribution < -0.4 is 10.5 Å². The van der Waals surface area contributed by atoms with Gasteiger partial charge in [0.2, 0.25) is 0 Å². The second-order valence-electron chi connectivity index (χ2n) is 4.54. The Labute approximate surface area is 96.4 Å². The van der Waals surface area contributed by atoms with Crippen LogP contribution in [0.15, 0.2) is 12.1 Å². The average Bonchev–Trinajstić information content (AvgIpc) is 2.10. The Balaban J connectivity index is 3.20. The summed E-state index contributed by atoms with van der Waals surface area (Å²) in [7, 11) is 1.66. The van der Waals surface area contributed by atoms with Crippen LogP contribution >= 0.6 is 11.6 Å². The maximum Gasteiger partial charge on any atom is 0.126 e. The van der Waals surface area contributed by atoms with Crippen LogP contribution in [-0.4, -0.2) is 12.6 Å². The highest BCUT2D eigenvalue weighted by Gasteiger charge is 2.18. The van der Waals surface area contributed by atoms with Gasteiger partial charge in [0.25, 0.3) is 0 Å². The van der Waals surface area contributed by atoms with E-state index >= 15 is 0 Å². The number of methoxy groups -OCH3 is 1. The Hall–Kier alpha value is -0.730. The summed E-state index contributed by atoms with van der Waals surface area (Å²) < 4.78 is 5.36. The van der Waals surface area contributed by atoms with E-state index in [1.807, 2.05) is 32.9 Å². The summed E-state index contributed by atoms with van der Waals surface area (Å²) in [6, 6.07) is 3.84. The predicted octanol–water partition coefficient (Wildman–Crippen LogP) is 2.94. The number of hydrogen-bond donors (Lipinski definition) is 1. The van der Waals surface area contributed by atoms with Crippen molar-refractivity contribution in [2.75, 3.05) is 7.11 Å². The number of benzene rings is 1. The molecule has 1 rings (SSSR count). The van der Waals surface area contributed by atoms with Crippen LogP contribution in [0.5, 0.6) is 5.75 Å². The Kier molecular flexibility index (Phi) is 3.63. The van der Waals surface area contributed by atoms with Crippen molar-refractivity contribution in [1.29, 1.82) is 0 Å². The zero-order chi connectivity index (χ0) is 11.6. The summed E-state index contributed by atoms with van der Waals surface area (Å²) in [5, 5.41) is 0.718. The van der Waals surface area contributed by atoms with Crippen LogP contribution in [-0.2, 0) is 6.42 Å². The number of nitrogens with two attached hydrogens (primary N) is 1. The van der Waals surface area contributed by atoms with Crippen LogP contribution in [0.4, 0.5) is 0 Å². The highest BCUT2D eigenvalue weighted by molar-refractivity contribution is 6.31. The van der Waals surface area contributed by atoms with Crippen molar-refractivity contribution in [1.82, 2.24) is 0 Å². The van der Waals surface area contributed by atoms with E-state index in [-0.39, 0.29) is 5.54 Å². The summed E-state index contributed by atoms with van der Waals surface area (Å²) >= 11 is 6.15. The molecule has 0 heterocycles. The van der Waals surface area contributed by atoms with Gasteiger partial charge in [0.05, 0.1) is 7.11 Å². The quantitative estimate of drug-likeness (QED) is 0.862. The summed E-state index contributed by atoms with van der Waals surface area (Å²) in [5.74, 6) is 0.848. The molecular formula is C12H18ClNO. The molecule has 0 fully saturated rings. The van der Waals surface area contributed by atoms with Crippen molar-refractivity contribution in [3.8, 4) is 5.75 Å². The lowest BCUT2D eigenvalue weighted by molar-refractivity contribution is 0.399. The Morgan fingerprint density at radius 1 is 1.40 bits per heavy atom. The van der Waals surface area contributed by atoms with E-state index in [2.05, 4.69) is 0 Å². The van der Waals surface area contributed by atoms with Gasteiger partial charge in [-0.2, -0.15) is 0 Å². The largest absolute Gasteiger partial charge is 0.496 e. The zero-order valence-corrected chi connectivity index (χ0v) is 10.5. The lowest BCUT2D eigenvalue weighted by Gasteiger charge is -2.22. The fourth-order valence-corrected chi connectivity index (χ4v) is 1.84. The number of aryl methyl sites for hydroxylation is 1. The van der Waals surface area contributed by atoms with Crippen molar-refractivity contribution < 1.29 is 4.74 Å². The molecular weight excluding hydrogens is 210 g/mol. The zero-order valence-electron chi connectivity index (χ0n) is 9.73. The molecule has 0 aliphatic heterocycles. The Bertz CT molecular complexity index is 355. The van der Waals surface area contributed by atoms with Gasteiger partial charge in [-0.05, 0) is 38.8 Å². The van der Waals surface area contributed by atoms with Gasteiger partial charge in [0.15, 0.2) is 0 Å². The van der Waals surface area contributed by atoms with E-state index in [0.29, 0.717) is 6.42 Å². The lowest BCUT2D eigenvalue weighted by Crippen LogP contribution is -2.34. The van der Waals surface area contributed by atoms with Crippen LogP contribution in [0.1, 0.15) is 25.0 Å². The van der Waals surface area contributed by atoms with Gasteiger partial charge in [-0.1, -0.05) is 17.7 Å². The highest BCUT2D eigenvalue weighted by atomic mass is 35.5. The first-order chi connectivity index (χ1) is 6.85. The molecule has 0 aromatic heterocycles. The first-order valence-electron chi connectivity index (χ1n) is 4.96. The summed E-state index contributed by atoms with van der Waals surface area (Å²) in [4.78, 5) is 0. The van der Waals surface area contributed by atoms with Crippen LogP contribution in [0.25, 0.3) is 0 Å². The summed E-state index contributed by atoms with van der Waals surface area (Å²) in [6.45, 7) is 5.96. The molecule has 0 bridgehead atoms. The fraction of sp³-hybridized carbons (Fsp3) is 0.500. The highest BCUT2D eigenvalue weighted by Crippen LogP contribution is 2.32. The van der Waals surface area contributed by atoms with E-state index in [0.717, 1.165) is 21.9 Å². The molecule has 1 aromatic carbocycles. The molecule has 0 saturated carbocycles. The maximum atomic E-state index is 6.15. The van der Waals surface area contributed by atoms with E-state index in [4.69, 9.17) is 22.1 Å². The van der Waals surface area contributed by atoms with Crippen LogP contribution in [0, 0.1) is 6.92 Å². The second kappa shape index (κ2) is 4.42. The summed E-state index contributed by atoms with van der Waals surface area (Å²) in [6.07, 6.45) is 0.705. The molecule has 2 N–H and O–H groups in total. The maximum absolute atomic E-state index is 6.15. The standard InChI is InChI=1S/C12H18ClNO/c1-8-5-6-10(13)9(11(8)15-4)7-12(2,3)14/h5-6H,7,14H2,1-4H3. The van der Waals surface area contributed by atoms with Crippen LogP contribution in [0.3, 0.4) is 0 Å². The number of ether oxygens (including phenoxy) is 1. The summed E-state index contributed by atoms with van der Waals surface area (Å²) in [5.41, 5.74) is 7.79. The third kappa shape index (κ3) is 3.11. The van der Waals surface area contributed by atoms with Gasteiger partial charge >= 0.3 is 0 Å². The van der Waals surface area contributed by atoms with Crippen molar-refractivity contribution >= 4 is 11.6 Å². The van der Waals surface area contributed by atoms with Crippen molar-refractivity contribution in [2.45, 2.75) is 32.7 Å². The van der Waals surface area contributed by atoms with Gasteiger partial charge in [-0.15, -0.1) is 0 Å². The molecule has 0 aliphatic rings. The number of halogens is 1. The SMILES string of the molecule is COc1c(C)ccc(Cl)c1CC(C)(C)N. The van der Waals surface area contributed by atoms with Gasteiger partial charge in [0.1, 0.15) is 5.75 Å². The molecule has 0 spiro atoms. The first kappa shape index (κ1) is 12.3. The van der Waals surface area contributed by atoms with Gasteiger partial charge < -0.3 is 10.5 Å². The fourth-order valence-electron chi connectivity index (χ4n) is 1.63. The minimum atomic E-state index is -0.287. The minimum Gasteiger partial charge on any atom is -0.496 e. The molecule has 0 unspecified atom stereocenters. The van der Waals surface area contributed by atoms with Gasteiger partial charge in [-0.3, -0.25) is 0 Å². The topological polar surface area (TPSA) is 35.2 Å². The van der Waals surface area contributed by atoms with E-state index < -0.39 is 0 Å². The smallest absolute Gasteiger partial charge is 0.126 e. The molecule has 0 radical (unpaired) electrons. The third-order valence-electron chi connectivity index (χ3n) is 2.24. The molecule has 84 valence electrons. The van der Waals surface area contributed by atoms with E-state index in [9.17, 15) is 0 Å². The molecule has 1 aromatic rings. The normalized spacial score (nSPS) is 11.6. The number of hydrogen-bond acceptors (Lipinski definition) is 2. The molecule has 15 heavy (non-hydrogen) atoms. The predicted molar refractivity (Wildman–Crippen MR) is 64.7 cm³/mol. The molecule has 0 amide bonds. The molecule has 2 nitrogen and oxygen atoms in total. The van der Waals surface area contributed by atoms with Gasteiger partial charge in [-0.25, -0.2) is 0 Å². The van der Waals surface area contributed by atoms with Crippen molar-refractivity contribution in [3.63, 3.8) is 0 Å². The molecule has 3 heteroatoms.